The number of hydrogen-bond acceptors (Lipinski definition) is 3. The van der Waals surface area contributed by atoms with E-state index in [1.165, 1.54) is 18.2 Å². The van der Waals surface area contributed by atoms with Crippen molar-refractivity contribution in [1.82, 2.24) is 5.32 Å². The first kappa shape index (κ1) is 14.0. The Bertz CT molecular complexity index is 574. The molecule has 1 amide bonds. The van der Waals surface area contributed by atoms with Crippen molar-refractivity contribution in [2.24, 2.45) is 5.73 Å². The minimum atomic E-state index is -0.741. The smallest absolute Gasteiger partial charge is 0.239 e. The fourth-order valence-electron chi connectivity index (χ4n) is 1.72. The molecule has 0 radical (unpaired) electrons. The van der Waals surface area contributed by atoms with Crippen molar-refractivity contribution in [3.63, 3.8) is 0 Å². The number of nitrogens with two attached hydrogens (primary N) is 1. The fourth-order valence-corrected chi connectivity index (χ4v) is 2.65. The van der Waals surface area contributed by atoms with Gasteiger partial charge >= 0.3 is 0 Å². The minimum absolute atomic E-state index is 0.183. The van der Waals surface area contributed by atoms with Crippen molar-refractivity contribution in [2.75, 3.05) is 0 Å². The monoisotopic (exact) mass is 298 g/mol. The molecule has 0 saturated heterocycles. The number of carbonyl (C=O) groups is 1. The van der Waals surface area contributed by atoms with Crippen LogP contribution in [0.4, 0.5) is 4.39 Å². The van der Waals surface area contributed by atoms with Crippen LogP contribution in [0, 0.1) is 5.82 Å². The van der Waals surface area contributed by atoms with Crippen LogP contribution in [-0.2, 0) is 11.3 Å². The quantitative estimate of drug-likeness (QED) is 0.892. The Hall–Kier alpha value is -1.43. The van der Waals surface area contributed by atoms with Gasteiger partial charge < -0.3 is 5.73 Å². The number of halogens is 2. The third-order valence-corrected chi connectivity index (χ3v) is 3.82. The molecule has 1 heterocycles. The second kappa shape index (κ2) is 6.14. The summed E-state index contributed by atoms with van der Waals surface area (Å²) in [5.74, 6) is -1.000. The second-order valence-corrected chi connectivity index (χ2v) is 5.40. The van der Waals surface area contributed by atoms with E-state index in [1.54, 1.807) is 11.3 Å². The lowest BCUT2D eigenvalue weighted by Crippen LogP contribution is -2.33. The number of primary amides is 1. The van der Waals surface area contributed by atoms with Gasteiger partial charge in [-0.1, -0.05) is 23.7 Å². The van der Waals surface area contributed by atoms with Gasteiger partial charge in [0, 0.05) is 16.4 Å². The topological polar surface area (TPSA) is 55.1 Å². The summed E-state index contributed by atoms with van der Waals surface area (Å²) in [5.41, 5.74) is 5.84. The highest BCUT2D eigenvalue weighted by Crippen LogP contribution is 2.24. The van der Waals surface area contributed by atoms with E-state index < -0.39 is 17.8 Å². The van der Waals surface area contributed by atoms with Gasteiger partial charge in [0.25, 0.3) is 0 Å². The van der Waals surface area contributed by atoms with E-state index in [9.17, 15) is 9.18 Å². The number of rotatable bonds is 5. The maximum atomic E-state index is 13.0. The van der Waals surface area contributed by atoms with E-state index in [1.807, 2.05) is 17.5 Å². The average Bonchev–Trinajstić information content (AvgIpc) is 2.84. The Kier molecular flexibility index (Phi) is 4.52. The van der Waals surface area contributed by atoms with Crippen LogP contribution in [-0.4, -0.2) is 5.91 Å². The summed E-state index contributed by atoms with van der Waals surface area (Å²) in [7, 11) is 0. The van der Waals surface area contributed by atoms with Crippen molar-refractivity contribution in [2.45, 2.75) is 12.6 Å². The van der Waals surface area contributed by atoms with Crippen LogP contribution < -0.4 is 11.1 Å². The van der Waals surface area contributed by atoms with Crippen molar-refractivity contribution < 1.29 is 9.18 Å². The van der Waals surface area contributed by atoms with Crippen molar-refractivity contribution >= 4 is 28.8 Å². The fraction of sp³-hybridized carbons (Fsp3) is 0.154. The predicted octanol–water partition coefficient (Wildman–Crippen LogP) is 2.86. The molecule has 19 heavy (non-hydrogen) atoms. The standard InChI is InChI=1S/C13H12ClFN2OS/c14-11-6-8(15)3-4-10(11)12(13(16)18)17-7-9-2-1-5-19-9/h1-6,12,17H,7H2,(H2,16,18). The summed E-state index contributed by atoms with van der Waals surface area (Å²) in [5, 5.41) is 5.16. The highest BCUT2D eigenvalue weighted by molar-refractivity contribution is 7.09. The number of thiophene rings is 1. The molecule has 1 aromatic heterocycles. The molecule has 1 atom stereocenters. The molecular formula is C13H12ClFN2OS. The van der Waals surface area contributed by atoms with Gasteiger partial charge in [-0.3, -0.25) is 10.1 Å². The lowest BCUT2D eigenvalue weighted by Gasteiger charge is -2.16. The predicted molar refractivity (Wildman–Crippen MR) is 74.5 cm³/mol. The molecule has 0 aliphatic heterocycles. The first-order valence-corrected chi connectivity index (χ1v) is 6.83. The van der Waals surface area contributed by atoms with Gasteiger partial charge in [-0.05, 0) is 29.1 Å². The van der Waals surface area contributed by atoms with E-state index in [4.69, 9.17) is 17.3 Å². The molecular weight excluding hydrogens is 287 g/mol. The number of amides is 1. The SMILES string of the molecule is NC(=O)C(NCc1cccs1)c1ccc(F)cc1Cl. The van der Waals surface area contributed by atoms with E-state index in [-0.39, 0.29) is 5.02 Å². The van der Waals surface area contributed by atoms with Gasteiger partial charge in [-0.15, -0.1) is 11.3 Å². The van der Waals surface area contributed by atoms with E-state index in [0.717, 1.165) is 4.88 Å². The second-order valence-electron chi connectivity index (χ2n) is 3.96. The van der Waals surface area contributed by atoms with Gasteiger partial charge in [0.1, 0.15) is 11.9 Å². The van der Waals surface area contributed by atoms with E-state index in [2.05, 4.69) is 5.32 Å². The third kappa shape index (κ3) is 3.53. The van der Waals surface area contributed by atoms with Crippen LogP contribution in [0.5, 0.6) is 0 Å². The number of carbonyl (C=O) groups excluding carboxylic acids is 1. The molecule has 0 bridgehead atoms. The largest absolute Gasteiger partial charge is 0.368 e. The van der Waals surface area contributed by atoms with E-state index in [0.29, 0.717) is 12.1 Å². The lowest BCUT2D eigenvalue weighted by molar-refractivity contribution is -0.120. The average molecular weight is 299 g/mol. The summed E-state index contributed by atoms with van der Waals surface area (Å²) < 4.78 is 13.0. The zero-order valence-corrected chi connectivity index (χ0v) is 11.5. The van der Waals surface area contributed by atoms with Gasteiger partial charge in [-0.2, -0.15) is 0 Å². The lowest BCUT2D eigenvalue weighted by atomic mass is 10.1. The summed E-state index contributed by atoms with van der Waals surface area (Å²) in [6.07, 6.45) is 0. The molecule has 0 aliphatic rings. The van der Waals surface area contributed by atoms with Gasteiger partial charge in [0.15, 0.2) is 0 Å². The molecule has 2 rings (SSSR count). The zero-order chi connectivity index (χ0) is 13.8. The Labute approximate surface area is 119 Å². The number of nitrogens with one attached hydrogen (secondary N) is 1. The van der Waals surface area contributed by atoms with Crippen LogP contribution in [0.2, 0.25) is 5.02 Å². The Morgan fingerprint density at radius 3 is 2.84 bits per heavy atom. The van der Waals surface area contributed by atoms with Crippen LogP contribution in [0.15, 0.2) is 35.7 Å². The van der Waals surface area contributed by atoms with Crippen molar-refractivity contribution in [3.05, 3.63) is 57.0 Å². The van der Waals surface area contributed by atoms with Crippen LogP contribution in [0.3, 0.4) is 0 Å². The van der Waals surface area contributed by atoms with E-state index >= 15 is 0 Å². The Balaban J connectivity index is 2.17. The minimum Gasteiger partial charge on any atom is -0.368 e. The highest BCUT2D eigenvalue weighted by Gasteiger charge is 2.20. The molecule has 6 heteroatoms. The molecule has 0 aliphatic carbocycles. The van der Waals surface area contributed by atoms with Gasteiger partial charge in [0.2, 0.25) is 5.91 Å². The first-order valence-electron chi connectivity index (χ1n) is 5.58. The molecule has 1 unspecified atom stereocenters. The normalized spacial score (nSPS) is 12.3. The molecule has 3 N–H and O–H groups in total. The zero-order valence-electron chi connectivity index (χ0n) is 9.90. The summed E-state index contributed by atoms with van der Waals surface area (Å²) in [4.78, 5) is 12.6. The Morgan fingerprint density at radius 2 is 2.26 bits per heavy atom. The molecule has 100 valence electrons. The first-order chi connectivity index (χ1) is 9.08. The molecule has 0 fully saturated rings. The number of hydrogen-bond donors (Lipinski definition) is 2. The highest BCUT2D eigenvalue weighted by atomic mass is 35.5. The molecule has 0 spiro atoms. The van der Waals surface area contributed by atoms with Crippen LogP contribution in [0.25, 0.3) is 0 Å². The van der Waals surface area contributed by atoms with Crippen molar-refractivity contribution in [1.29, 1.82) is 0 Å². The van der Waals surface area contributed by atoms with Crippen molar-refractivity contribution in [3.8, 4) is 0 Å². The maximum absolute atomic E-state index is 13.0. The summed E-state index contributed by atoms with van der Waals surface area (Å²) in [6, 6.07) is 7.02. The molecule has 2 aromatic rings. The van der Waals surface area contributed by atoms with Gasteiger partial charge in [0.05, 0.1) is 0 Å². The van der Waals surface area contributed by atoms with Gasteiger partial charge in [-0.25, -0.2) is 4.39 Å². The van der Waals surface area contributed by atoms with Crippen LogP contribution in [0.1, 0.15) is 16.5 Å². The number of benzene rings is 1. The van der Waals surface area contributed by atoms with Crippen LogP contribution >= 0.6 is 22.9 Å². The maximum Gasteiger partial charge on any atom is 0.239 e. The summed E-state index contributed by atoms with van der Waals surface area (Å²) in [6.45, 7) is 0.499. The molecule has 1 aromatic carbocycles. The summed E-state index contributed by atoms with van der Waals surface area (Å²) >= 11 is 7.51. The molecule has 3 nitrogen and oxygen atoms in total. The Morgan fingerprint density at radius 1 is 1.47 bits per heavy atom. The molecule has 0 saturated carbocycles. The third-order valence-electron chi connectivity index (χ3n) is 2.62.